The summed E-state index contributed by atoms with van der Waals surface area (Å²) in [6.45, 7) is 11.2. The van der Waals surface area contributed by atoms with Crippen LogP contribution in [0, 0.1) is 5.92 Å². The van der Waals surface area contributed by atoms with Gasteiger partial charge in [-0.15, -0.1) is 0 Å². The molecule has 0 N–H and O–H groups in total. The Bertz CT molecular complexity index is 385. The monoisotopic (exact) mass is 306 g/mol. The van der Waals surface area contributed by atoms with Gasteiger partial charge in [0.05, 0.1) is 6.61 Å². The molecule has 0 aliphatic rings. The van der Waals surface area contributed by atoms with Gasteiger partial charge in [0.2, 0.25) is 0 Å². The van der Waals surface area contributed by atoms with Gasteiger partial charge in [0.15, 0.2) is 0 Å². The van der Waals surface area contributed by atoms with Crippen molar-refractivity contribution in [2.24, 2.45) is 5.92 Å². The van der Waals surface area contributed by atoms with Crippen LogP contribution in [-0.4, -0.2) is 12.6 Å². The fourth-order valence-electron chi connectivity index (χ4n) is 2.06. The average Bonchev–Trinajstić information content (AvgIpc) is 2.43. The van der Waals surface area contributed by atoms with Crippen molar-refractivity contribution in [2.45, 2.75) is 73.1 Å². The molecule has 0 aromatic rings. The van der Waals surface area contributed by atoms with E-state index in [1.54, 1.807) is 6.08 Å². The minimum Gasteiger partial charge on any atom is -0.463 e. The van der Waals surface area contributed by atoms with Crippen molar-refractivity contribution in [3.63, 3.8) is 0 Å². The summed E-state index contributed by atoms with van der Waals surface area (Å²) in [5.41, 5.74) is 2.34. The third-order valence-electron chi connectivity index (χ3n) is 3.47. The molecule has 0 rings (SSSR count). The summed E-state index contributed by atoms with van der Waals surface area (Å²) in [5, 5.41) is 0. The van der Waals surface area contributed by atoms with Gasteiger partial charge in [0, 0.05) is 6.08 Å². The predicted molar refractivity (Wildman–Crippen MR) is 95.8 cm³/mol. The fourth-order valence-corrected chi connectivity index (χ4v) is 2.06. The summed E-state index contributed by atoms with van der Waals surface area (Å²) in [6.07, 6.45) is 14.7. The summed E-state index contributed by atoms with van der Waals surface area (Å²) in [6, 6.07) is 0. The SMILES string of the molecule is CCCCCOC(=O)C=C(C)C=CCC(C)CCC=C(C)C. The number of unbranched alkanes of at least 4 members (excludes halogenated alkanes) is 2. The first-order chi connectivity index (χ1) is 10.5. The highest BCUT2D eigenvalue weighted by Gasteiger charge is 1.99. The summed E-state index contributed by atoms with van der Waals surface area (Å²) < 4.78 is 5.16. The predicted octanol–water partition coefficient (Wildman–Crippen LogP) is 5.99. The van der Waals surface area contributed by atoms with Crippen molar-refractivity contribution < 1.29 is 9.53 Å². The Morgan fingerprint density at radius 3 is 2.55 bits per heavy atom. The number of carbonyl (C=O) groups is 1. The highest BCUT2D eigenvalue weighted by atomic mass is 16.5. The molecule has 22 heavy (non-hydrogen) atoms. The Balaban J connectivity index is 3.97. The van der Waals surface area contributed by atoms with E-state index in [9.17, 15) is 4.79 Å². The average molecular weight is 306 g/mol. The minimum absolute atomic E-state index is 0.227. The van der Waals surface area contributed by atoms with Crippen LogP contribution >= 0.6 is 0 Å². The van der Waals surface area contributed by atoms with Crippen LogP contribution in [-0.2, 0) is 9.53 Å². The van der Waals surface area contributed by atoms with Crippen LogP contribution in [0.2, 0.25) is 0 Å². The molecule has 2 heteroatoms. The topological polar surface area (TPSA) is 26.3 Å². The van der Waals surface area contributed by atoms with E-state index in [4.69, 9.17) is 4.74 Å². The molecule has 0 heterocycles. The molecule has 1 atom stereocenters. The fraction of sp³-hybridized carbons (Fsp3) is 0.650. The Morgan fingerprint density at radius 2 is 1.91 bits per heavy atom. The molecule has 0 aliphatic heterocycles. The van der Waals surface area contributed by atoms with Crippen LogP contribution < -0.4 is 0 Å². The number of rotatable bonds is 11. The van der Waals surface area contributed by atoms with E-state index < -0.39 is 0 Å². The number of hydrogen-bond acceptors (Lipinski definition) is 2. The van der Waals surface area contributed by atoms with Crippen LogP contribution in [0.3, 0.4) is 0 Å². The maximum atomic E-state index is 11.6. The first-order valence-corrected chi connectivity index (χ1v) is 8.60. The van der Waals surface area contributed by atoms with E-state index in [-0.39, 0.29) is 5.97 Å². The number of carbonyl (C=O) groups excluding carboxylic acids is 1. The lowest BCUT2D eigenvalue weighted by Gasteiger charge is -2.06. The Hall–Kier alpha value is -1.31. The second-order valence-electron chi connectivity index (χ2n) is 6.37. The highest BCUT2D eigenvalue weighted by molar-refractivity contribution is 5.83. The molecular weight excluding hydrogens is 272 g/mol. The molecule has 0 bridgehead atoms. The first kappa shape index (κ1) is 20.7. The lowest BCUT2D eigenvalue weighted by molar-refractivity contribution is -0.137. The third-order valence-corrected chi connectivity index (χ3v) is 3.47. The van der Waals surface area contributed by atoms with Crippen molar-refractivity contribution in [2.75, 3.05) is 6.61 Å². The van der Waals surface area contributed by atoms with Gasteiger partial charge in [0.25, 0.3) is 0 Å². The van der Waals surface area contributed by atoms with Crippen molar-refractivity contribution in [3.8, 4) is 0 Å². The Morgan fingerprint density at radius 1 is 1.18 bits per heavy atom. The van der Waals surface area contributed by atoms with Crippen molar-refractivity contribution in [3.05, 3.63) is 35.5 Å². The standard InChI is InChI=1S/C20H34O2/c1-6-7-8-15-22-20(21)16-19(5)14-10-13-18(4)12-9-11-17(2)3/h10-11,14,16,18H,6-9,12-13,15H2,1-5H3. The third kappa shape index (κ3) is 13.7. The molecule has 0 aliphatic carbocycles. The van der Waals surface area contributed by atoms with Crippen LogP contribution in [0.15, 0.2) is 35.5 Å². The van der Waals surface area contributed by atoms with Gasteiger partial charge in [-0.1, -0.05) is 50.5 Å². The van der Waals surface area contributed by atoms with E-state index in [1.165, 1.54) is 12.0 Å². The smallest absolute Gasteiger partial charge is 0.331 e. The van der Waals surface area contributed by atoms with Gasteiger partial charge in [-0.25, -0.2) is 4.79 Å². The van der Waals surface area contributed by atoms with Crippen LogP contribution in [0.4, 0.5) is 0 Å². The van der Waals surface area contributed by atoms with Crippen molar-refractivity contribution >= 4 is 5.97 Å². The van der Waals surface area contributed by atoms with E-state index >= 15 is 0 Å². The number of allylic oxidation sites excluding steroid dienone is 5. The van der Waals surface area contributed by atoms with Gasteiger partial charge in [-0.3, -0.25) is 0 Å². The maximum Gasteiger partial charge on any atom is 0.331 e. The van der Waals surface area contributed by atoms with Gasteiger partial charge < -0.3 is 4.74 Å². The van der Waals surface area contributed by atoms with E-state index in [1.807, 2.05) is 13.0 Å². The van der Waals surface area contributed by atoms with E-state index in [2.05, 4.69) is 39.8 Å². The molecular formula is C20H34O2. The molecule has 1 unspecified atom stereocenters. The molecule has 0 aromatic carbocycles. The molecule has 0 aromatic heterocycles. The highest BCUT2D eigenvalue weighted by Crippen LogP contribution is 2.13. The zero-order valence-electron chi connectivity index (χ0n) is 15.2. The van der Waals surface area contributed by atoms with Gasteiger partial charge >= 0.3 is 5.97 Å². The minimum atomic E-state index is -0.227. The van der Waals surface area contributed by atoms with Gasteiger partial charge in [-0.2, -0.15) is 0 Å². The quantitative estimate of drug-likeness (QED) is 0.154. The molecule has 0 saturated carbocycles. The molecule has 0 fully saturated rings. The zero-order chi connectivity index (χ0) is 16.8. The Labute approximate surface area is 137 Å². The summed E-state index contributed by atoms with van der Waals surface area (Å²) in [7, 11) is 0. The molecule has 126 valence electrons. The molecule has 0 saturated heterocycles. The van der Waals surface area contributed by atoms with Crippen molar-refractivity contribution in [1.29, 1.82) is 0 Å². The largest absolute Gasteiger partial charge is 0.463 e. The summed E-state index contributed by atoms with van der Waals surface area (Å²) >= 11 is 0. The zero-order valence-corrected chi connectivity index (χ0v) is 15.2. The number of esters is 1. The lowest BCUT2D eigenvalue weighted by Crippen LogP contribution is -2.02. The van der Waals surface area contributed by atoms with E-state index in [0.717, 1.165) is 37.7 Å². The molecule has 0 spiro atoms. The maximum absolute atomic E-state index is 11.6. The summed E-state index contributed by atoms with van der Waals surface area (Å²) in [5.74, 6) is 0.440. The van der Waals surface area contributed by atoms with Gasteiger partial charge in [-0.05, 0) is 57.9 Å². The number of ether oxygens (including phenoxy) is 1. The summed E-state index contributed by atoms with van der Waals surface area (Å²) in [4.78, 5) is 11.6. The lowest BCUT2D eigenvalue weighted by atomic mass is 10.0. The molecule has 0 amide bonds. The van der Waals surface area contributed by atoms with E-state index in [0.29, 0.717) is 12.5 Å². The normalized spacial score (nSPS) is 13.2. The van der Waals surface area contributed by atoms with Crippen molar-refractivity contribution in [1.82, 2.24) is 0 Å². The van der Waals surface area contributed by atoms with Crippen LogP contribution in [0.5, 0.6) is 0 Å². The van der Waals surface area contributed by atoms with Crippen LogP contribution in [0.25, 0.3) is 0 Å². The number of hydrogen-bond donors (Lipinski definition) is 0. The first-order valence-electron chi connectivity index (χ1n) is 8.60. The molecule has 0 radical (unpaired) electrons. The van der Waals surface area contributed by atoms with Gasteiger partial charge in [0.1, 0.15) is 0 Å². The Kier molecular flexibility index (Phi) is 12.6. The molecule has 2 nitrogen and oxygen atoms in total. The second kappa shape index (κ2) is 13.4. The van der Waals surface area contributed by atoms with Crippen LogP contribution in [0.1, 0.15) is 73.1 Å². The second-order valence-corrected chi connectivity index (χ2v) is 6.37.